The molecule has 0 amide bonds. The van der Waals surface area contributed by atoms with Crippen molar-refractivity contribution in [3.05, 3.63) is 82.9 Å². The van der Waals surface area contributed by atoms with Gasteiger partial charge in [-0.3, -0.25) is 0 Å². The van der Waals surface area contributed by atoms with Gasteiger partial charge in [-0.1, -0.05) is 24.3 Å². The maximum absolute atomic E-state index is 12.5. The first-order valence-electron chi connectivity index (χ1n) is 10.3. The Balaban J connectivity index is 1.55. The van der Waals surface area contributed by atoms with Crippen molar-refractivity contribution < 1.29 is 28.5 Å². The lowest BCUT2D eigenvalue weighted by atomic mass is 10.1. The molecule has 34 heavy (non-hydrogen) atoms. The molecule has 0 bridgehead atoms. The van der Waals surface area contributed by atoms with E-state index in [1.54, 1.807) is 35.7 Å². The molecular weight excluding hydrogens is 472 g/mol. The number of benzene rings is 3. The Morgan fingerprint density at radius 1 is 0.647 bits per heavy atom. The molecule has 0 atom stereocenters. The van der Waals surface area contributed by atoms with Gasteiger partial charge in [0.2, 0.25) is 0 Å². The van der Waals surface area contributed by atoms with E-state index in [9.17, 15) is 9.59 Å². The standard InChI is InChI=1S/C26H26O6S2/c1-29-23-13-19(33-3)9-11-21(23)25(27)31-15-17-5-7-18(8-6-17)16-32-26(28)22-12-10-20(34-4)14-24(22)30-2/h5-14H,15-16H2,1-4H3. The highest BCUT2D eigenvalue weighted by Crippen LogP contribution is 2.27. The molecule has 0 radical (unpaired) electrons. The fourth-order valence-electron chi connectivity index (χ4n) is 3.12. The predicted molar refractivity (Wildman–Crippen MR) is 134 cm³/mol. The fourth-order valence-corrected chi connectivity index (χ4v) is 3.98. The quantitative estimate of drug-likeness (QED) is 0.254. The van der Waals surface area contributed by atoms with Crippen molar-refractivity contribution in [1.29, 1.82) is 0 Å². The van der Waals surface area contributed by atoms with Crippen LogP contribution in [0.4, 0.5) is 0 Å². The van der Waals surface area contributed by atoms with Gasteiger partial charge < -0.3 is 18.9 Å². The van der Waals surface area contributed by atoms with Crippen LogP contribution >= 0.6 is 23.5 Å². The average Bonchev–Trinajstić information content (AvgIpc) is 2.89. The van der Waals surface area contributed by atoms with E-state index in [2.05, 4.69) is 0 Å². The molecule has 3 rings (SSSR count). The summed E-state index contributed by atoms with van der Waals surface area (Å²) in [6.07, 6.45) is 3.91. The molecule has 0 aromatic heterocycles. The van der Waals surface area contributed by atoms with Crippen LogP contribution in [-0.4, -0.2) is 38.7 Å². The van der Waals surface area contributed by atoms with Gasteiger partial charge in [0.05, 0.1) is 14.2 Å². The van der Waals surface area contributed by atoms with Crippen LogP contribution in [0, 0.1) is 0 Å². The second-order valence-electron chi connectivity index (χ2n) is 7.10. The molecule has 0 aliphatic carbocycles. The van der Waals surface area contributed by atoms with Crippen molar-refractivity contribution in [2.45, 2.75) is 23.0 Å². The Hall–Kier alpha value is -3.10. The number of hydrogen-bond acceptors (Lipinski definition) is 8. The van der Waals surface area contributed by atoms with Crippen LogP contribution in [0.2, 0.25) is 0 Å². The summed E-state index contributed by atoms with van der Waals surface area (Å²) >= 11 is 3.13. The van der Waals surface area contributed by atoms with E-state index in [4.69, 9.17) is 18.9 Å². The molecule has 3 aromatic rings. The molecule has 178 valence electrons. The normalized spacial score (nSPS) is 10.5. The number of ether oxygens (including phenoxy) is 4. The number of methoxy groups -OCH3 is 2. The molecular formula is C26H26O6S2. The first-order valence-corrected chi connectivity index (χ1v) is 12.8. The molecule has 8 heteroatoms. The van der Waals surface area contributed by atoms with E-state index in [-0.39, 0.29) is 13.2 Å². The highest BCUT2D eigenvalue weighted by atomic mass is 32.2. The van der Waals surface area contributed by atoms with Crippen molar-refractivity contribution in [1.82, 2.24) is 0 Å². The van der Waals surface area contributed by atoms with Crippen LogP contribution in [0.15, 0.2) is 70.5 Å². The zero-order chi connectivity index (χ0) is 24.5. The van der Waals surface area contributed by atoms with E-state index < -0.39 is 11.9 Å². The van der Waals surface area contributed by atoms with Crippen molar-refractivity contribution in [2.75, 3.05) is 26.7 Å². The summed E-state index contributed by atoms with van der Waals surface area (Å²) in [5.41, 5.74) is 2.39. The van der Waals surface area contributed by atoms with Gasteiger partial charge >= 0.3 is 11.9 Å². The van der Waals surface area contributed by atoms with Gasteiger partial charge in [0.1, 0.15) is 35.8 Å². The summed E-state index contributed by atoms with van der Waals surface area (Å²) in [7, 11) is 3.05. The van der Waals surface area contributed by atoms with Crippen LogP contribution in [0.5, 0.6) is 11.5 Å². The minimum absolute atomic E-state index is 0.116. The maximum Gasteiger partial charge on any atom is 0.342 e. The predicted octanol–water partition coefficient (Wildman–Crippen LogP) is 5.86. The summed E-state index contributed by atoms with van der Waals surface area (Å²) < 4.78 is 21.5. The molecule has 0 aliphatic heterocycles. The third kappa shape index (κ3) is 6.48. The Morgan fingerprint density at radius 3 is 1.35 bits per heavy atom. The maximum atomic E-state index is 12.5. The minimum atomic E-state index is -0.455. The van der Waals surface area contributed by atoms with Crippen molar-refractivity contribution in [2.24, 2.45) is 0 Å². The van der Waals surface area contributed by atoms with Gasteiger partial charge in [0, 0.05) is 9.79 Å². The van der Waals surface area contributed by atoms with E-state index in [0.29, 0.717) is 22.6 Å². The SMILES string of the molecule is COc1cc(SC)ccc1C(=O)OCc1ccc(COC(=O)c2ccc(SC)cc2OC)cc1. The molecule has 0 saturated carbocycles. The summed E-state index contributed by atoms with van der Waals surface area (Å²) in [6, 6.07) is 18.1. The molecule has 0 fully saturated rings. The third-order valence-electron chi connectivity index (χ3n) is 5.02. The zero-order valence-electron chi connectivity index (χ0n) is 19.5. The summed E-state index contributed by atoms with van der Waals surface area (Å²) in [5, 5.41) is 0. The van der Waals surface area contributed by atoms with Crippen molar-refractivity contribution in [3.63, 3.8) is 0 Å². The number of thioether (sulfide) groups is 2. The van der Waals surface area contributed by atoms with E-state index in [1.807, 2.05) is 61.0 Å². The Kier molecular flexibility index (Phi) is 9.30. The van der Waals surface area contributed by atoms with E-state index in [0.717, 1.165) is 20.9 Å². The average molecular weight is 499 g/mol. The second-order valence-corrected chi connectivity index (χ2v) is 8.86. The topological polar surface area (TPSA) is 71.1 Å². The number of carbonyl (C=O) groups excluding carboxylic acids is 2. The largest absolute Gasteiger partial charge is 0.496 e. The number of hydrogen-bond donors (Lipinski definition) is 0. The molecule has 0 saturated heterocycles. The monoisotopic (exact) mass is 498 g/mol. The smallest absolute Gasteiger partial charge is 0.342 e. The van der Waals surface area contributed by atoms with Crippen LogP contribution in [0.3, 0.4) is 0 Å². The molecule has 6 nitrogen and oxygen atoms in total. The van der Waals surface area contributed by atoms with Crippen LogP contribution in [0.25, 0.3) is 0 Å². The van der Waals surface area contributed by atoms with Crippen molar-refractivity contribution >= 4 is 35.5 Å². The third-order valence-corrected chi connectivity index (χ3v) is 6.47. The van der Waals surface area contributed by atoms with Crippen LogP contribution in [-0.2, 0) is 22.7 Å². The fraction of sp³-hybridized carbons (Fsp3) is 0.231. The molecule has 0 N–H and O–H groups in total. The van der Waals surface area contributed by atoms with Crippen molar-refractivity contribution in [3.8, 4) is 11.5 Å². The summed E-state index contributed by atoms with van der Waals surface area (Å²) in [4.78, 5) is 27.0. The van der Waals surface area contributed by atoms with Crippen LogP contribution in [0.1, 0.15) is 31.8 Å². The van der Waals surface area contributed by atoms with Gasteiger partial charge in [-0.2, -0.15) is 0 Å². The highest BCUT2D eigenvalue weighted by Gasteiger charge is 2.16. The van der Waals surface area contributed by atoms with Crippen LogP contribution < -0.4 is 9.47 Å². The van der Waals surface area contributed by atoms with E-state index in [1.165, 1.54) is 14.2 Å². The molecule has 0 heterocycles. The Bertz CT molecular complexity index is 1050. The second kappa shape index (κ2) is 12.4. The van der Waals surface area contributed by atoms with Gasteiger partial charge in [-0.15, -0.1) is 23.5 Å². The number of esters is 2. The van der Waals surface area contributed by atoms with Gasteiger partial charge in [-0.25, -0.2) is 9.59 Å². The summed E-state index contributed by atoms with van der Waals surface area (Å²) in [5.74, 6) is 0.0513. The Labute approximate surface area is 207 Å². The first kappa shape index (κ1) is 25.5. The number of rotatable bonds is 10. The van der Waals surface area contributed by atoms with Gasteiger partial charge in [0.15, 0.2) is 0 Å². The molecule has 0 aliphatic rings. The van der Waals surface area contributed by atoms with Gasteiger partial charge in [-0.05, 0) is 60.0 Å². The molecule has 0 spiro atoms. The van der Waals surface area contributed by atoms with E-state index >= 15 is 0 Å². The number of carbonyl (C=O) groups is 2. The molecule has 3 aromatic carbocycles. The van der Waals surface area contributed by atoms with Gasteiger partial charge in [0.25, 0.3) is 0 Å². The minimum Gasteiger partial charge on any atom is -0.496 e. The highest BCUT2D eigenvalue weighted by molar-refractivity contribution is 7.98. The lowest BCUT2D eigenvalue weighted by Gasteiger charge is -2.11. The molecule has 0 unspecified atom stereocenters. The first-order chi connectivity index (χ1) is 16.5. The Morgan fingerprint density at radius 2 is 1.03 bits per heavy atom. The lowest BCUT2D eigenvalue weighted by Crippen LogP contribution is -2.08. The summed E-state index contributed by atoms with van der Waals surface area (Å²) in [6.45, 7) is 0.233. The zero-order valence-corrected chi connectivity index (χ0v) is 21.1. The lowest BCUT2D eigenvalue weighted by molar-refractivity contribution is 0.0456.